The number of ether oxygens (including phenoxy) is 2. The number of aliphatic hydroxyl groups excluding tert-OH is 1. The van der Waals surface area contributed by atoms with Crippen molar-refractivity contribution in [2.24, 2.45) is 5.92 Å². The Balaban J connectivity index is 1.89. The molecule has 3 N–H and O–H groups in total. The van der Waals surface area contributed by atoms with Gasteiger partial charge in [0.25, 0.3) is 5.91 Å². The number of rotatable bonds is 9. The number of aliphatic hydroxyl groups is 1. The predicted molar refractivity (Wildman–Crippen MR) is 165 cm³/mol. The van der Waals surface area contributed by atoms with Crippen LogP contribution in [0, 0.1) is 5.92 Å². The number of sulfonamides is 1. The van der Waals surface area contributed by atoms with Crippen LogP contribution in [0.3, 0.4) is 0 Å². The number of benzene rings is 2. The summed E-state index contributed by atoms with van der Waals surface area (Å²) in [6, 6.07) is 10.9. The zero-order valence-electron chi connectivity index (χ0n) is 25.7. The van der Waals surface area contributed by atoms with E-state index in [-0.39, 0.29) is 54.0 Å². The van der Waals surface area contributed by atoms with Crippen molar-refractivity contribution in [1.29, 1.82) is 0 Å². The Morgan fingerprint density at radius 2 is 1.86 bits per heavy atom. The largest absolute Gasteiger partial charge is 0.490 e. The lowest BCUT2D eigenvalue weighted by Gasteiger charge is -2.36. The van der Waals surface area contributed by atoms with E-state index in [1.165, 1.54) is 6.07 Å². The molecule has 1 amide bonds. The van der Waals surface area contributed by atoms with E-state index < -0.39 is 22.0 Å². The van der Waals surface area contributed by atoms with Gasteiger partial charge in [0.15, 0.2) is 0 Å². The highest BCUT2D eigenvalue weighted by molar-refractivity contribution is 7.92. The molecule has 1 aliphatic heterocycles. The third-order valence-electron chi connectivity index (χ3n) is 7.50. The van der Waals surface area contributed by atoms with E-state index in [4.69, 9.17) is 9.47 Å². The first-order chi connectivity index (χ1) is 20.3. The van der Waals surface area contributed by atoms with Gasteiger partial charge in [-0.15, -0.1) is 0 Å². The van der Waals surface area contributed by atoms with E-state index in [0.29, 0.717) is 25.4 Å². The lowest BCUT2D eigenvalue weighted by atomic mass is 10.0. The standard InChI is InChI=1S/C31H45N3O8S/c1-21-17-34(22(2)20-35)30(36)27-16-26(32-43(5,39)40)13-14-28(27)42-23(3)8-6-7-15-41-29(21)19-33(4)18-24-9-11-25(12-10-24)31(37)38/h9-14,16,21-23,29,32,35H,6-8,15,17-20H2,1-5H3,(H,37,38)/t21-,22+,23+,29+/m0/s1. The lowest BCUT2D eigenvalue weighted by molar-refractivity contribution is -0.0177. The van der Waals surface area contributed by atoms with Gasteiger partial charge in [0.2, 0.25) is 10.0 Å². The predicted octanol–water partition coefficient (Wildman–Crippen LogP) is 3.68. The first-order valence-corrected chi connectivity index (χ1v) is 16.5. The average Bonchev–Trinajstić information content (AvgIpc) is 2.94. The van der Waals surface area contributed by atoms with E-state index in [1.807, 2.05) is 20.9 Å². The fraction of sp³-hybridized carbons (Fsp3) is 0.548. The number of carbonyl (C=O) groups excluding carboxylic acids is 1. The molecule has 12 heteroatoms. The second-order valence-electron chi connectivity index (χ2n) is 11.6. The molecule has 4 atom stereocenters. The average molecular weight is 620 g/mol. The highest BCUT2D eigenvalue weighted by Gasteiger charge is 2.30. The first-order valence-electron chi connectivity index (χ1n) is 14.6. The number of likely N-dealkylation sites (N-methyl/N-ethyl adjacent to an activating group) is 1. The summed E-state index contributed by atoms with van der Waals surface area (Å²) in [6.07, 6.45) is 3.04. The monoisotopic (exact) mass is 619 g/mol. The molecule has 3 rings (SSSR count). The van der Waals surface area contributed by atoms with Crippen molar-refractivity contribution >= 4 is 27.6 Å². The van der Waals surface area contributed by atoms with Crippen molar-refractivity contribution in [3.63, 3.8) is 0 Å². The van der Waals surface area contributed by atoms with Crippen LogP contribution in [0.4, 0.5) is 5.69 Å². The minimum Gasteiger partial charge on any atom is -0.490 e. The van der Waals surface area contributed by atoms with Crippen LogP contribution in [0.5, 0.6) is 5.75 Å². The number of amides is 1. The van der Waals surface area contributed by atoms with E-state index in [9.17, 15) is 28.2 Å². The molecule has 0 radical (unpaired) electrons. The molecule has 43 heavy (non-hydrogen) atoms. The fourth-order valence-electron chi connectivity index (χ4n) is 5.10. The second kappa shape index (κ2) is 15.5. The van der Waals surface area contributed by atoms with Crippen molar-refractivity contribution in [1.82, 2.24) is 9.80 Å². The van der Waals surface area contributed by atoms with E-state index in [2.05, 4.69) is 9.62 Å². The van der Waals surface area contributed by atoms with Gasteiger partial charge in [-0.1, -0.05) is 19.1 Å². The van der Waals surface area contributed by atoms with Crippen LogP contribution in [0.1, 0.15) is 66.3 Å². The number of hydrogen-bond donors (Lipinski definition) is 3. The molecule has 2 aromatic rings. The van der Waals surface area contributed by atoms with Crippen molar-refractivity contribution in [2.75, 3.05) is 44.3 Å². The van der Waals surface area contributed by atoms with Crippen LogP contribution in [0.2, 0.25) is 0 Å². The third kappa shape index (κ3) is 10.5. The summed E-state index contributed by atoms with van der Waals surface area (Å²) in [4.78, 5) is 29.0. The summed E-state index contributed by atoms with van der Waals surface area (Å²) < 4.78 is 38.8. The number of anilines is 1. The Labute approximate surface area is 254 Å². The maximum Gasteiger partial charge on any atom is 0.335 e. The molecular formula is C31H45N3O8S. The van der Waals surface area contributed by atoms with Crippen LogP contribution in [0.15, 0.2) is 42.5 Å². The maximum absolute atomic E-state index is 14.1. The first kappa shape index (κ1) is 34.3. The number of aromatic carboxylic acids is 1. The van der Waals surface area contributed by atoms with Crippen molar-refractivity contribution < 1.29 is 37.7 Å². The molecule has 0 bridgehead atoms. The lowest BCUT2D eigenvalue weighted by Crippen LogP contribution is -2.47. The smallest absolute Gasteiger partial charge is 0.335 e. The van der Waals surface area contributed by atoms with E-state index >= 15 is 0 Å². The van der Waals surface area contributed by atoms with Gasteiger partial charge in [0.1, 0.15) is 5.75 Å². The number of carboxylic acids is 1. The molecule has 0 saturated carbocycles. The Kier molecular flexibility index (Phi) is 12.4. The van der Waals surface area contributed by atoms with Crippen LogP contribution < -0.4 is 9.46 Å². The summed E-state index contributed by atoms with van der Waals surface area (Å²) in [7, 11) is -1.61. The highest BCUT2D eigenvalue weighted by Crippen LogP contribution is 2.29. The summed E-state index contributed by atoms with van der Waals surface area (Å²) in [5, 5.41) is 19.3. The quantitative estimate of drug-likeness (QED) is 0.383. The zero-order chi connectivity index (χ0) is 31.7. The molecule has 1 aliphatic rings. The topological polar surface area (TPSA) is 146 Å². The normalized spacial score (nSPS) is 21.4. The molecule has 0 aromatic heterocycles. The third-order valence-corrected chi connectivity index (χ3v) is 8.11. The fourth-order valence-corrected chi connectivity index (χ4v) is 5.65. The minimum absolute atomic E-state index is 0.127. The Hall–Kier alpha value is -3.19. The van der Waals surface area contributed by atoms with Gasteiger partial charge in [-0.25, -0.2) is 13.2 Å². The molecule has 2 aromatic carbocycles. The Morgan fingerprint density at radius 1 is 1.16 bits per heavy atom. The maximum atomic E-state index is 14.1. The number of nitrogens with one attached hydrogen (secondary N) is 1. The molecule has 0 unspecified atom stereocenters. The number of hydrogen-bond acceptors (Lipinski definition) is 8. The number of carbonyl (C=O) groups is 2. The molecule has 1 heterocycles. The van der Waals surface area contributed by atoms with Crippen LogP contribution in [-0.2, 0) is 21.3 Å². The Bertz CT molecular complexity index is 1340. The highest BCUT2D eigenvalue weighted by atomic mass is 32.2. The summed E-state index contributed by atoms with van der Waals surface area (Å²) in [6.45, 7) is 7.42. The molecule has 0 fully saturated rings. The van der Waals surface area contributed by atoms with Gasteiger partial charge < -0.3 is 24.6 Å². The molecule has 0 saturated heterocycles. The molecule has 238 valence electrons. The number of carboxylic acid groups (broad SMARTS) is 1. The van der Waals surface area contributed by atoms with Gasteiger partial charge >= 0.3 is 5.97 Å². The van der Waals surface area contributed by atoms with Crippen molar-refractivity contribution in [3.8, 4) is 5.75 Å². The summed E-state index contributed by atoms with van der Waals surface area (Å²) >= 11 is 0. The van der Waals surface area contributed by atoms with Crippen molar-refractivity contribution in [2.45, 2.75) is 64.8 Å². The second-order valence-corrected chi connectivity index (χ2v) is 13.3. The van der Waals surface area contributed by atoms with Gasteiger partial charge in [-0.2, -0.15) is 0 Å². The van der Waals surface area contributed by atoms with Crippen LogP contribution in [-0.4, -0.2) is 98.2 Å². The van der Waals surface area contributed by atoms with Gasteiger partial charge in [-0.3, -0.25) is 14.4 Å². The van der Waals surface area contributed by atoms with Crippen molar-refractivity contribution in [3.05, 3.63) is 59.2 Å². The van der Waals surface area contributed by atoms with Gasteiger partial charge in [-0.05, 0) is 76.1 Å². The minimum atomic E-state index is -3.57. The van der Waals surface area contributed by atoms with Crippen LogP contribution >= 0.6 is 0 Å². The molecule has 0 aliphatic carbocycles. The SMILES string of the molecule is C[C@@H]1CCCCO[C@H](CN(C)Cc2ccc(C(=O)O)cc2)[C@@H](C)CN([C@H](C)CO)C(=O)c2cc(NS(C)(=O)=O)ccc2O1. The summed E-state index contributed by atoms with van der Waals surface area (Å²) in [5.41, 5.74) is 1.66. The van der Waals surface area contributed by atoms with E-state index in [0.717, 1.165) is 31.1 Å². The number of fused-ring (bicyclic) bond motifs is 1. The zero-order valence-corrected chi connectivity index (χ0v) is 26.5. The molecular weight excluding hydrogens is 574 g/mol. The Morgan fingerprint density at radius 3 is 2.49 bits per heavy atom. The molecule has 11 nitrogen and oxygen atoms in total. The van der Waals surface area contributed by atoms with E-state index in [1.54, 1.807) is 48.2 Å². The van der Waals surface area contributed by atoms with Gasteiger partial charge in [0.05, 0.1) is 42.2 Å². The number of nitrogens with zero attached hydrogens (tertiary/aromatic N) is 2. The van der Waals surface area contributed by atoms with Crippen LogP contribution in [0.25, 0.3) is 0 Å². The van der Waals surface area contributed by atoms with Gasteiger partial charge in [0, 0.05) is 37.8 Å². The molecule has 0 spiro atoms. The summed E-state index contributed by atoms with van der Waals surface area (Å²) in [5.74, 6) is -1.11.